The van der Waals surface area contributed by atoms with E-state index in [9.17, 15) is 0 Å². The normalized spacial score (nSPS) is 24.1. The number of hydrogen-bond donors (Lipinski definition) is 1. The quantitative estimate of drug-likeness (QED) is 0.838. The topological polar surface area (TPSA) is 15.3 Å². The van der Waals surface area contributed by atoms with Gasteiger partial charge in [0.15, 0.2) is 0 Å². The minimum Gasteiger partial charge on any atom is -0.311 e. The molecule has 1 aliphatic heterocycles. The molecule has 0 amide bonds. The first-order valence-electron chi connectivity index (χ1n) is 8.17. The van der Waals surface area contributed by atoms with E-state index in [0.717, 1.165) is 29.8 Å². The van der Waals surface area contributed by atoms with Gasteiger partial charge >= 0.3 is 0 Å². The molecule has 2 unspecified atom stereocenters. The zero-order valence-corrected chi connectivity index (χ0v) is 15.3. The van der Waals surface area contributed by atoms with Crippen molar-refractivity contribution in [3.05, 3.63) is 21.3 Å². The summed E-state index contributed by atoms with van der Waals surface area (Å²) in [4.78, 5) is 4.10. The lowest BCUT2D eigenvalue weighted by Crippen LogP contribution is -2.58. The monoisotopic (exact) mass is 328 g/mol. The van der Waals surface area contributed by atoms with Gasteiger partial charge in [-0.25, -0.2) is 0 Å². The summed E-state index contributed by atoms with van der Waals surface area (Å²) < 4.78 is 0.906. The first-order valence-corrected chi connectivity index (χ1v) is 9.36. The average Bonchev–Trinajstić information content (AvgIpc) is 2.81. The molecule has 4 heteroatoms. The Labute approximate surface area is 138 Å². The Hall–Kier alpha value is -0.0900. The molecule has 1 saturated heterocycles. The molecule has 2 atom stereocenters. The number of nitrogens with zero attached hydrogens (tertiary/aromatic N) is 1. The van der Waals surface area contributed by atoms with Gasteiger partial charge in [0.25, 0.3) is 0 Å². The van der Waals surface area contributed by atoms with Crippen molar-refractivity contribution in [2.45, 2.75) is 52.6 Å². The van der Waals surface area contributed by atoms with Gasteiger partial charge < -0.3 is 5.32 Å². The van der Waals surface area contributed by atoms with Crippen LogP contribution in [-0.4, -0.2) is 36.6 Å². The van der Waals surface area contributed by atoms with E-state index in [1.807, 2.05) is 6.07 Å². The van der Waals surface area contributed by atoms with E-state index in [0.29, 0.717) is 18.0 Å². The minimum absolute atomic E-state index is 0.645. The number of piperazine rings is 1. The van der Waals surface area contributed by atoms with Crippen LogP contribution in [0.4, 0.5) is 0 Å². The number of halogens is 1. The Balaban J connectivity index is 1.93. The zero-order valence-electron chi connectivity index (χ0n) is 13.7. The molecule has 120 valence electrons. The molecule has 1 fully saturated rings. The Morgan fingerprint density at radius 3 is 2.67 bits per heavy atom. The predicted molar refractivity (Wildman–Crippen MR) is 94.5 cm³/mol. The van der Waals surface area contributed by atoms with Crippen LogP contribution in [0.15, 0.2) is 12.1 Å². The van der Waals surface area contributed by atoms with Gasteiger partial charge in [-0.2, -0.15) is 0 Å². The molecule has 0 bridgehead atoms. The summed E-state index contributed by atoms with van der Waals surface area (Å²) in [5.74, 6) is 1.46. The Morgan fingerprint density at radius 2 is 2.10 bits per heavy atom. The van der Waals surface area contributed by atoms with Crippen LogP contribution in [0.3, 0.4) is 0 Å². The van der Waals surface area contributed by atoms with Gasteiger partial charge in [-0.15, -0.1) is 11.3 Å². The molecule has 0 aliphatic carbocycles. The number of nitrogens with one attached hydrogen (secondary N) is 1. The van der Waals surface area contributed by atoms with Gasteiger partial charge in [0, 0.05) is 36.6 Å². The molecule has 1 N–H and O–H groups in total. The van der Waals surface area contributed by atoms with Gasteiger partial charge in [0.2, 0.25) is 0 Å². The smallest absolute Gasteiger partial charge is 0.0931 e. The van der Waals surface area contributed by atoms with Crippen molar-refractivity contribution in [1.82, 2.24) is 10.2 Å². The van der Waals surface area contributed by atoms with E-state index >= 15 is 0 Å². The first-order chi connectivity index (χ1) is 9.95. The Bertz CT molecular complexity index is 430. The maximum Gasteiger partial charge on any atom is 0.0931 e. The molecule has 2 rings (SSSR count). The van der Waals surface area contributed by atoms with E-state index in [4.69, 9.17) is 11.6 Å². The van der Waals surface area contributed by atoms with Crippen LogP contribution in [0, 0.1) is 11.8 Å². The highest BCUT2D eigenvalue weighted by atomic mass is 35.5. The maximum atomic E-state index is 6.04. The van der Waals surface area contributed by atoms with Crippen LogP contribution < -0.4 is 5.32 Å². The molecule has 0 aromatic carbocycles. The molecular weight excluding hydrogens is 300 g/mol. The molecule has 2 heterocycles. The highest BCUT2D eigenvalue weighted by molar-refractivity contribution is 7.16. The molecule has 1 aliphatic rings. The maximum absolute atomic E-state index is 6.04. The standard InChI is InChI=1S/C17H29ClN2S/c1-12(2)9-14-11-20(16(10-19-14)13(3)4)8-7-15-5-6-17(18)21-15/h5-6,12-14,16,19H,7-11H2,1-4H3. The SMILES string of the molecule is CC(C)CC1CN(CCc2ccc(Cl)s2)C(C(C)C)CN1. The van der Waals surface area contributed by atoms with Crippen LogP contribution in [0.2, 0.25) is 4.34 Å². The van der Waals surface area contributed by atoms with E-state index in [1.165, 1.54) is 17.8 Å². The van der Waals surface area contributed by atoms with Gasteiger partial charge in [0.05, 0.1) is 4.34 Å². The second-order valence-corrected chi connectivity index (χ2v) is 8.80. The summed E-state index contributed by atoms with van der Waals surface area (Å²) in [7, 11) is 0. The second kappa shape index (κ2) is 7.96. The van der Waals surface area contributed by atoms with E-state index in [2.05, 4.69) is 44.0 Å². The van der Waals surface area contributed by atoms with Gasteiger partial charge in [-0.05, 0) is 36.8 Å². The third-order valence-corrected chi connectivity index (χ3v) is 5.63. The second-order valence-electron chi connectivity index (χ2n) is 7.00. The van der Waals surface area contributed by atoms with Crippen molar-refractivity contribution >= 4 is 22.9 Å². The molecule has 21 heavy (non-hydrogen) atoms. The van der Waals surface area contributed by atoms with Crippen molar-refractivity contribution in [1.29, 1.82) is 0 Å². The fraction of sp³-hybridized carbons (Fsp3) is 0.765. The summed E-state index contributed by atoms with van der Waals surface area (Å²) in [6, 6.07) is 5.49. The fourth-order valence-corrected chi connectivity index (χ4v) is 4.36. The fourth-order valence-electron chi connectivity index (χ4n) is 3.28. The zero-order chi connectivity index (χ0) is 15.4. The van der Waals surface area contributed by atoms with Gasteiger partial charge in [0.1, 0.15) is 0 Å². The van der Waals surface area contributed by atoms with E-state index in [1.54, 1.807) is 11.3 Å². The van der Waals surface area contributed by atoms with Crippen LogP contribution in [0.25, 0.3) is 0 Å². The molecule has 1 aromatic rings. The number of thiophene rings is 1. The highest BCUT2D eigenvalue weighted by Crippen LogP contribution is 2.23. The number of rotatable bonds is 6. The molecule has 1 aromatic heterocycles. The third kappa shape index (κ3) is 5.24. The first kappa shape index (κ1) is 17.3. The summed E-state index contributed by atoms with van der Waals surface area (Å²) in [6.45, 7) is 12.8. The van der Waals surface area contributed by atoms with Crippen molar-refractivity contribution in [2.24, 2.45) is 11.8 Å². The summed E-state index contributed by atoms with van der Waals surface area (Å²) in [5, 5.41) is 3.75. The molecular formula is C17H29ClN2S. The minimum atomic E-state index is 0.645. The molecule has 0 spiro atoms. The largest absolute Gasteiger partial charge is 0.311 e. The Kier molecular flexibility index (Phi) is 6.54. The lowest BCUT2D eigenvalue weighted by molar-refractivity contribution is 0.0936. The van der Waals surface area contributed by atoms with Crippen molar-refractivity contribution in [2.75, 3.05) is 19.6 Å². The number of hydrogen-bond acceptors (Lipinski definition) is 3. The van der Waals surface area contributed by atoms with Crippen LogP contribution in [0.1, 0.15) is 39.0 Å². The lowest BCUT2D eigenvalue weighted by Gasteiger charge is -2.43. The Morgan fingerprint density at radius 1 is 1.33 bits per heavy atom. The predicted octanol–water partition coefficient (Wildman–Crippen LogP) is 4.29. The molecule has 2 nitrogen and oxygen atoms in total. The van der Waals surface area contributed by atoms with Crippen molar-refractivity contribution in [3.63, 3.8) is 0 Å². The van der Waals surface area contributed by atoms with Gasteiger partial charge in [-0.3, -0.25) is 4.90 Å². The molecule has 0 saturated carbocycles. The molecule has 0 radical (unpaired) electrons. The highest BCUT2D eigenvalue weighted by Gasteiger charge is 2.29. The van der Waals surface area contributed by atoms with Crippen LogP contribution in [-0.2, 0) is 6.42 Å². The van der Waals surface area contributed by atoms with E-state index < -0.39 is 0 Å². The van der Waals surface area contributed by atoms with Gasteiger partial charge in [-0.1, -0.05) is 39.3 Å². The van der Waals surface area contributed by atoms with E-state index in [-0.39, 0.29) is 0 Å². The third-order valence-electron chi connectivity index (χ3n) is 4.34. The van der Waals surface area contributed by atoms with Crippen molar-refractivity contribution < 1.29 is 0 Å². The summed E-state index contributed by atoms with van der Waals surface area (Å²) in [5.41, 5.74) is 0. The summed E-state index contributed by atoms with van der Waals surface area (Å²) >= 11 is 7.76. The van der Waals surface area contributed by atoms with Crippen LogP contribution in [0.5, 0.6) is 0 Å². The lowest BCUT2D eigenvalue weighted by atomic mass is 9.95. The van der Waals surface area contributed by atoms with Crippen molar-refractivity contribution in [3.8, 4) is 0 Å². The average molecular weight is 329 g/mol. The summed E-state index contributed by atoms with van der Waals surface area (Å²) in [6.07, 6.45) is 2.39. The van der Waals surface area contributed by atoms with Crippen LogP contribution >= 0.6 is 22.9 Å².